The summed E-state index contributed by atoms with van der Waals surface area (Å²) in [6.45, 7) is 10.4. The van der Waals surface area contributed by atoms with E-state index in [1.165, 1.54) is 36.4 Å². The van der Waals surface area contributed by atoms with Gasteiger partial charge in [0.2, 0.25) is 0 Å². The second kappa shape index (κ2) is 13.7. The number of amides is 1. The van der Waals surface area contributed by atoms with Crippen molar-refractivity contribution in [3.8, 4) is 11.3 Å². The summed E-state index contributed by atoms with van der Waals surface area (Å²) < 4.78 is 63.8. The highest BCUT2D eigenvalue weighted by molar-refractivity contribution is 7.82. The van der Waals surface area contributed by atoms with Crippen LogP contribution in [-0.2, 0) is 27.7 Å². The predicted octanol–water partition coefficient (Wildman–Crippen LogP) is 7.55. The number of alkyl halides is 3. The number of piperidine rings is 1. The fraction of sp³-hybridized carbons (Fsp3) is 0.676. The minimum atomic E-state index is -4.30. The molecule has 1 saturated carbocycles. The van der Waals surface area contributed by atoms with Crippen LogP contribution in [0.2, 0.25) is 0 Å². The van der Waals surface area contributed by atoms with Gasteiger partial charge in [-0.15, -0.1) is 0 Å². The van der Waals surface area contributed by atoms with E-state index >= 15 is 0 Å². The number of nitrogens with one attached hydrogen (secondary N) is 1. The molecule has 2 aliphatic heterocycles. The number of hydrogen-bond acceptors (Lipinski definition) is 3. The number of benzene rings is 1. The van der Waals surface area contributed by atoms with E-state index < -0.39 is 28.5 Å². The number of rotatable bonds is 7. The molecule has 2 saturated heterocycles. The van der Waals surface area contributed by atoms with E-state index in [4.69, 9.17) is 4.74 Å². The van der Waals surface area contributed by atoms with Gasteiger partial charge < -0.3 is 14.6 Å². The summed E-state index contributed by atoms with van der Waals surface area (Å²) in [5.41, 5.74) is 3.91. The van der Waals surface area contributed by atoms with Crippen LogP contribution in [0.15, 0.2) is 29.2 Å². The SMILES string of the molecule is Cc1c(C(=O)NC2CCOCC2)cc(-c2ccc(S(=O)N3CCCC(C(F)(F)F)C3)c(C(C)(C)C)c2)n1CC1CCCCC1. The van der Waals surface area contributed by atoms with Crippen LogP contribution >= 0.6 is 0 Å². The zero-order chi connectivity index (χ0) is 31.6. The highest BCUT2D eigenvalue weighted by Crippen LogP contribution is 2.38. The zero-order valence-electron chi connectivity index (χ0n) is 26.6. The number of ether oxygens (including phenoxy) is 1. The molecule has 2 unspecified atom stereocenters. The van der Waals surface area contributed by atoms with Crippen molar-refractivity contribution < 1.29 is 26.9 Å². The predicted molar refractivity (Wildman–Crippen MR) is 168 cm³/mol. The van der Waals surface area contributed by atoms with Crippen molar-refractivity contribution in [3.63, 3.8) is 0 Å². The van der Waals surface area contributed by atoms with Gasteiger partial charge in [0.1, 0.15) is 11.0 Å². The minimum Gasteiger partial charge on any atom is -0.381 e. The molecule has 1 aromatic heterocycles. The van der Waals surface area contributed by atoms with Crippen molar-refractivity contribution in [1.29, 1.82) is 0 Å². The van der Waals surface area contributed by atoms with Gasteiger partial charge in [-0.05, 0) is 86.1 Å². The standard InChI is InChI=1S/C34H48F3N3O3S/c1-23-28(32(41)38-27-14-17-43-18-15-27)20-30(40(23)21-24-9-6-5-7-10-24)25-12-13-31(29(19-25)33(2,3)4)44(42)39-16-8-11-26(22-39)34(35,36)37/h12-13,19-20,24,26-27H,5-11,14-18,21-22H2,1-4H3,(H,38,41). The summed E-state index contributed by atoms with van der Waals surface area (Å²) in [7, 11) is -1.72. The number of nitrogens with zero attached hydrogens (tertiary/aromatic N) is 2. The monoisotopic (exact) mass is 635 g/mol. The molecule has 2 aromatic rings. The lowest BCUT2D eigenvalue weighted by Crippen LogP contribution is -2.42. The fourth-order valence-corrected chi connectivity index (χ4v) is 8.64. The van der Waals surface area contributed by atoms with Gasteiger partial charge in [0.05, 0.1) is 16.4 Å². The van der Waals surface area contributed by atoms with E-state index in [1.807, 2.05) is 52.0 Å². The van der Waals surface area contributed by atoms with Gasteiger partial charge in [-0.2, -0.15) is 13.2 Å². The molecule has 3 fully saturated rings. The Bertz CT molecular complexity index is 1340. The average Bonchev–Trinajstić information content (AvgIpc) is 3.32. The van der Waals surface area contributed by atoms with Gasteiger partial charge >= 0.3 is 6.18 Å². The quantitative estimate of drug-likeness (QED) is 0.342. The Labute approximate surface area is 262 Å². The minimum absolute atomic E-state index is 0.0730. The molecule has 1 aromatic carbocycles. The smallest absolute Gasteiger partial charge is 0.381 e. The van der Waals surface area contributed by atoms with Crippen molar-refractivity contribution in [2.24, 2.45) is 11.8 Å². The van der Waals surface area contributed by atoms with Crippen LogP contribution < -0.4 is 5.32 Å². The van der Waals surface area contributed by atoms with Gasteiger partial charge in [0.15, 0.2) is 0 Å². The normalized spacial score (nSPS) is 22.2. The van der Waals surface area contributed by atoms with Crippen LogP contribution in [0.25, 0.3) is 11.3 Å². The lowest BCUT2D eigenvalue weighted by atomic mass is 9.85. The highest BCUT2D eigenvalue weighted by Gasteiger charge is 2.43. The molecule has 1 N–H and O–H groups in total. The Morgan fingerprint density at radius 3 is 2.36 bits per heavy atom. The molecule has 244 valence electrons. The van der Waals surface area contributed by atoms with Crippen molar-refractivity contribution in [2.45, 2.75) is 115 Å². The lowest BCUT2D eigenvalue weighted by Gasteiger charge is -2.34. The van der Waals surface area contributed by atoms with Crippen LogP contribution in [0.5, 0.6) is 0 Å². The van der Waals surface area contributed by atoms with Crippen molar-refractivity contribution in [3.05, 3.63) is 41.1 Å². The topological polar surface area (TPSA) is 63.6 Å². The molecule has 1 aliphatic carbocycles. The van der Waals surface area contributed by atoms with Crippen LogP contribution in [0.4, 0.5) is 13.2 Å². The number of carbonyl (C=O) groups is 1. The third kappa shape index (κ3) is 7.61. The molecule has 5 rings (SSSR count). The van der Waals surface area contributed by atoms with Crippen molar-refractivity contribution in [2.75, 3.05) is 26.3 Å². The fourth-order valence-electron chi connectivity index (χ4n) is 7.01. The second-order valence-corrected chi connectivity index (χ2v) is 15.4. The van der Waals surface area contributed by atoms with Crippen LogP contribution in [0.3, 0.4) is 0 Å². The van der Waals surface area contributed by atoms with Crippen LogP contribution in [0.1, 0.15) is 100 Å². The molecule has 10 heteroatoms. The summed E-state index contributed by atoms with van der Waals surface area (Å²) in [6, 6.07) is 7.89. The van der Waals surface area contributed by atoms with E-state index in [0.717, 1.165) is 41.9 Å². The van der Waals surface area contributed by atoms with E-state index in [1.54, 1.807) is 0 Å². The number of hydrogen-bond donors (Lipinski definition) is 1. The molecular formula is C34H48F3N3O3S. The Morgan fingerprint density at radius 2 is 1.70 bits per heavy atom. The Morgan fingerprint density at radius 1 is 1.00 bits per heavy atom. The van der Waals surface area contributed by atoms with Gasteiger partial charge in [0.25, 0.3) is 5.91 Å². The summed E-state index contributed by atoms with van der Waals surface area (Å²) in [5.74, 6) is -1.00. The largest absolute Gasteiger partial charge is 0.393 e. The first-order valence-corrected chi connectivity index (χ1v) is 17.4. The van der Waals surface area contributed by atoms with E-state index in [-0.39, 0.29) is 24.9 Å². The third-order valence-corrected chi connectivity index (χ3v) is 11.2. The molecular weight excluding hydrogens is 587 g/mol. The average molecular weight is 636 g/mol. The maximum Gasteiger partial charge on any atom is 0.393 e. The van der Waals surface area contributed by atoms with E-state index in [0.29, 0.717) is 42.6 Å². The molecule has 3 heterocycles. The Hall–Kier alpha value is -2.17. The van der Waals surface area contributed by atoms with Gasteiger partial charge in [0, 0.05) is 50.3 Å². The first-order valence-electron chi connectivity index (χ1n) is 16.3. The van der Waals surface area contributed by atoms with Crippen LogP contribution in [-0.4, -0.2) is 57.5 Å². The highest BCUT2D eigenvalue weighted by atomic mass is 32.2. The molecule has 44 heavy (non-hydrogen) atoms. The number of carbonyl (C=O) groups excluding carboxylic acids is 1. The maximum atomic E-state index is 13.9. The van der Waals surface area contributed by atoms with Gasteiger partial charge in [-0.25, -0.2) is 8.51 Å². The molecule has 0 radical (unpaired) electrons. The summed E-state index contributed by atoms with van der Waals surface area (Å²) in [4.78, 5) is 14.1. The van der Waals surface area contributed by atoms with Crippen molar-refractivity contribution >= 4 is 16.9 Å². The molecule has 0 spiro atoms. The number of aromatic nitrogens is 1. The molecule has 2 atom stereocenters. The summed E-state index contributed by atoms with van der Waals surface area (Å²) in [6.07, 6.45) is 3.78. The Balaban J connectivity index is 1.50. The summed E-state index contributed by atoms with van der Waals surface area (Å²) in [5, 5.41) is 3.22. The molecule has 0 bridgehead atoms. The number of halogens is 3. The first-order chi connectivity index (χ1) is 20.8. The van der Waals surface area contributed by atoms with E-state index in [2.05, 4.69) is 9.88 Å². The maximum absolute atomic E-state index is 13.9. The van der Waals surface area contributed by atoms with Gasteiger partial charge in [-0.1, -0.05) is 46.1 Å². The van der Waals surface area contributed by atoms with Crippen LogP contribution in [0, 0.1) is 18.8 Å². The third-order valence-electron chi connectivity index (χ3n) is 9.69. The molecule has 3 aliphatic rings. The van der Waals surface area contributed by atoms with Crippen molar-refractivity contribution in [1.82, 2.24) is 14.2 Å². The first kappa shape index (κ1) is 33.2. The second-order valence-electron chi connectivity index (χ2n) is 14.0. The summed E-state index contributed by atoms with van der Waals surface area (Å²) >= 11 is 0. The lowest BCUT2D eigenvalue weighted by molar-refractivity contribution is -0.182. The Kier molecular flexibility index (Phi) is 10.3. The van der Waals surface area contributed by atoms with E-state index in [9.17, 15) is 22.2 Å². The zero-order valence-corrected chi connectivity index (χ0v) is 27.4. The molecule has 1 amide bonds. The van der Waals surface area contributed by atoms with Gasteiger partial charge in [-0.3, -0.25) is 4.79 Å². The molecule has 6 nitrogen and oxygen atoms in total.